The Bertz CT molecular complexity index is 1390. The van der Waals surface area contributed by atoms with Crippen LogP contribution in [0.4, 0.5) is 33.6 Å². The molecule has 0 atom stereocenters. The zero-order valence-corrected chi connectivity index (χ0v) is 19.2. The zero-order chi connectivity index (χ0) is 24.9. The van der Waals surface area contributed by atoms with Crippen molar-refractivity contribution in [2.45, 2.75) is 0 Å². The second-order valence-corrected chi connectivity index (χ2v) is 7.71. The van der Waals surface area contributed by atoms with Gasteiger partial charge in [0.25, 0.3) is 5.69 Å². The molecule has 2 heterocycles. The van der Waals surface area contributed by atoms with Crippen LogP contribution in [-0.4, -0.2) is 40.2 Å². The van der Waals surface area contributed by atoms with Crippen LogP contribution in [0.3, 0.4) is 0 Å². The number of benzene rings is 2. The fourth-order valence-corrected chi connectivity index (χ4v) is 3.08. The van der Waals surface area contributed by atoms with Crippen molar-refractivity contribution in [1.29, 1.82) is 0 Å². The first-order chi connectivity index (χ1) is 16.8. The number of furan rings is 1. The Balaban J connectivity index is 1.51. The summed E-state index contributed by atoms with van der Waals surface area (Å²) in [7, 11) is 3.54. The van der Waals surface area contributed by atoms with Crippen molar-refractivity contribution < 1.29 is 13.7 Å². The van der Waals surface area contributed by atoms with Crippen molar-refractivity contribution in [3.8, 4) is 11.3 Å². The van der Waals surface area contributed by atoms with Crippen molar-refractivity contribution in [2.24, 2.45) is 5.10 Å². The number of nitrogens with zero attached hydrogens (tertiary/aromatic N) is 6. The van der Waals surface area contributed by atoms with Gasteiger partial charge in [-0.25, -0.2) is 9.82 Å². The van der Waals surface area contributed by atoms with Crippen LogP contribution >= 0.6 is 11.6 Å². The Kier molecular flexibility index (Phi) is 6.83. The molecule has 0 fully saturated rings. The third-order valence-electron chi connectivity index (χ3n) is 4.53. The highest BCUT2D eigenvalue weighted by atomic mass is 35.5. The Morgan fingerprint density at radius 2 is 1.83 bits per heavy atom. The summed E-state index contributed by atoms with van der Waals surface area (Å²) in [5.74, 6) is 1.10. The minimum atomic E-state index is -0.509. The first kappa shape index (κ1) is 23.6. The molecule has 2 aromatic heterocycles. The Labute approximate surface area is 203 Å². The number of nitro groups is 1. The highest BCUT2D eigenvalue weighted by Crippen LogP contribution is 2.32. The standard InChI is InChI=1S/C22H18ClFN8O3/c1-31(2)22-28-20(26-14-5-3-13(24)4-6-14)27-21(29-22)30-25-12-16-8-10-19(35-16)17-11-15(32(33)34)7-9-18(17)23/h3-12H,1-2H3,(H2,26,27,28,29,30). The Morgan fingerprint density at radius 3 is 2.54 bits per heavy atom. The summed E-state index contributed by atoms with van der Waals surface area (Å²) >= 11 is 6.17. The summed E-state index contributed by atoms with van der Waals surface area (Å²) in [6.07, 6.45) is 1.39. The highest BCUT2D eigenvalue weighted by Gasteiger charge is 2.14. The smallest absolute Gasteiger partial charge is 0.270 e. The number of hydrogen-bond donors (Lipinski definition) is 2. The minimum absolute atomic E-state index is 0.103. The topological polar surface area (TPSA) is 135 Å². The van der Waals surface area contributed by atoms with Crippen LogP contribution in [-0.2, 0) is 0 Å². The van der Waals surface area contributed by atoms with E-state index in [2.05, 4.69) is 30.8 Å². The third-order valence-corrected chi connectivity index (χ3v) is 4.86. The molecule has 2 aromatic carbocycles. The molecule has 0 radical (unpaired) electrons. The Hall–Kier alpha value is -4.58. The number of anilines is 4. The lowest BCUT2D eigenvalue weighted by atomic mass is 10.1. The van der Waals surface area contributed by atoms with E-state index in [1.807, 2.05) is 0 Å². The second-order valence-electron chi connectivity index (χ2n) is 7.30. The van der Waals surface area contributed by atoms with E-state index in [1.54, 1.807) is 43.3 Å². The number of non-ortho nitro benzene ring substituents is 1. The van der Waals surface area contributed by atoms with E-state index in [-0.39, 0.29) is 23.4 Å². The van der Waals surface area contributed by atoms with E-state index in [1.165, 1.54) is 36.5 Å². The van der Waals surface area contributed by atoms with Gasteiger partial charge in [0.2, 0.25) is 17.8 Å². The lowest BCUT2D eigenvalue weighted by Crippen LogP contribution is -2.15. The van der Waals surface area contributed by atoms with Crippen LogP contribution in [0.15, 0.2) is 64.1 Å². The van der Waals surface area contributed by atoms with Crippen LogP contribution in [0, 0.1) is 15.9 Å². The number of hydrogen-bond acceptors (Lipinski definition) is 10. The van der Waals surface area contributed by atoms with E-state index in [0.29, 0.717) is 33.7 Å². The van der Waals surface area contributed by atoms with Gasteiger partial charge in [-0.1, -0.05) is 11.6 Å². The molecule has 0 saturated carbocycles. The molecule has 0 amide bonds. The maximum absolute atomic E-state index is 13.2. The van der Waals surface area contributed by atoms with Crippen LogP contribution < -0.4 is 15.6 Å². The molecule has 13 heteroatoms. The van der Waals surface area contributed by atoms with Gasteiger partial charge in [0.15, 0.2) is 0 Å². The van der Waals surface area contributed by atoms with Crippen molar-refractivity contribution in [3.05, 3.63) is 81.3 Å². The molecule has 11 nitrogen and oxygen atoms in total. The van der Waals surface area contributed by atoms with Crippen LogP contribution in [0.5, 0.6) is 0 Å². The zero-order valence-electron chi connectivity index (χ0n) is 18.4. The van der Waals surface area contributed by atoms with E-state index < -0.39 is 4.92 Å². The van der Waals surface area contributed by atoms with Crippen molar-refractivity contribution in [2.75, 3.05) is 29.7 Å². The molecular weight excluding hydrogens is 479 g/mol. The predicted molar refractivity (Wildman–Crippen MR) is 131 cm³/mol. The summed E-state index contributed by atoms with van der Waals surface area (Å²) in [6.45, 7) is 0. The van der Waals surface area contributed by atoms with Gasteiger partial charge < -0.3 is 14.6 Å². The summed E-state index contributed by atoms with van der Waals surface area (Å²) in [4.78, 5) is 25.1. The molecular formula is C22H18ClFN8O3. The molecule has 35 heavy (non-hydrogen) atoms. The van der Waals surface area contributed by atoms with Crippen molar-refractivity contribution >= 4 is 47.0 Å². The van der Waals surface area contributed by atoms with Crippen molar-refractivity contribution in [1.82, 2.24) is 15.0 Å². The number of aromatic nitrogens is 3. The SMILES string of the molecule is CN(C)c1nc(NN=Cc2ccc(-c3cc([N+](=O)[O-])ccc3Cl)o2)nc(Nc2ccc(F)cc2)n1. The van der Waals surface area contributed by atoms with Crippen LogP contribution in [0.1, 0.15) is 5.76 Å². The maximum Gasteiger partial charge on any atom is 0.270 e. The fraction of sp³-hybridized carbons (Fsp3) is 0.0909. The van der Waals surface area contributed by atoms with Gasteiger partial charge in [0.05, 0.1) is 16.2 Å². The molecule has 0 unspecified atom stereocenters. The van der Waals surface area contributed by atoms with Gasteiger partial charge in [0.1, 0.15) is 17.3 Å². The van der Waals surface area contributed by atoms with Gasteiger partial charge in [-0.2, -0.15) is 20.1 Å². The molecule has 0 bridgehead atoms. The molecule has 0 spiro atoms. The number of halogens is 2. The van der Waals surface area contributed by atoms with Crippen LogP contribution in [0.2, 0.25) is 5.02 Å². The Morgan fingerprint density at radius 1 is 1.09 bits per heavy atom. The van der Waals surface area contributed by atoms with Gasteiger partial charge in [-0.3, -0.25) is 10.1 Å². The molecule has 0 aliphatic rings. The highest BCUT2D eigenvalue weighted by molar-refractivity contribution is 6.33. The van der Waals surface area contributed by atoms with E-state index >= 15 is 0 Å². The lowest BCUT2D eigenvalue weighted by molar-refractivity contribution is -0.384. The average Bonchev–Trinajstić information content (AvgIpc) is 3.29. The number of hydrazone groups is 1. The summed E-state index contributed by atoms with van der Waals surface area (Å²) < 4.78 is 18.9. The predicted octanol–water partition coefficient (Wildman–Crippen LogP) is 5.09. The average molecular weight is 497 g/mol. The lowest BCUT2D eigenvalue weighted by Gasteiger charge is -2.13. The second kappa shape index (κ2) is 10.1. The number of nitro benzene ring substituents is 1. The molecule has 4 aromatic rings. The van der Waals surface area contributed by atoms with E-state index in [4.69, 9.17) is 16.0 Å². The molecule has 2 N–H and O–H groups in total. The van der Waals surface area contributed by atoms with Crippen LogP contribution in [0.25, 0.3) is 11.3 Å². The molecule has 0 aliphatic carbocycles. The first-order valence-electron chi connectivity index (χ1n) is 10.1. The first-order valence-corrected chi connectivity index (χ1v) is 10.5. The van der Waals surface area contributed by atoms with E-state index in [9.17, 15) is 14.5 Å². The summed E-state index contributed by atoms with van der Waals surface area (Å²) in [5.41, 5.74) is 3.59. The normalized spacial score (nSPS) is 11.0. The van der Waals surface area contributed by atoms with Crippen molar-refractivity contribution in [3.63, 3.8) is 0 Å². The molecule has 0 saturated heterocycles. The minimum Gasteiger partial charge on any atom is -0.455 e. The maximum atomic E-state index is 13.2. The number of rotatable bonds is 8. The largest absolute Gasteiger partial charge is 0.455 e. The van der Waals surface area contributed by atoms with E-state index in [0.717, 1.165) is 0 Å². The van der Waals surface area contributed by atoms with Gasteiger partial charge in [-0.05, 0) is 42.5 Å². The number of nitrogens with one attached hydrogen (secondary N) is 2. The quantitative estimate of drug-likeness (QED) is 0.194. The molecule has 4 rings (SSSR count). The van der Waals surface area contributed by atoms with Gasteiger partial charge >= 0.3 is 0 Å². The monoisotopic (exact) mass is 496 g/mol. The van der Waals surface area contributed by atoms with Gasteiger partial charge in [-0.15, -0.1) is 0 Å². The molecule has 178 valence electrons. The molecule has 0 aliphatic heterocycles. The third kappa shape index (κ3) is 5.86. The summed E-state index contributed by atoms with van der Waals surface area (Å²) in [6, 6.07) is 13.1. The fourth-order valence-electron chi connectivity index (χ4n) is 2.87. The summed E-state index contributed by atoms with van der Waals surface area (Å²) in [5, 5.41) is 18.4. The van der Waals surface area contributed by atoms with Gasteiger partial charge in [0, 0.05) is 37.5 Å².